The van der Waals surface area contributed by atoms with Gasteiger partial charge in [-0.25, -0.2) is 8.78 Å². The van der Waals surface area contributed by atoms with Crippen molar-refractivity contribution in [2.45, 2.75) is 12.6 Å². The third-order valence-corrected chi connectivity index (χ3v) is 1.81. The minimum absolute atomic E-state index is 0.380. The molecule has 1 aromatic heterocycles. The van der Waals surface area contributed by atoms with Crippen molar-refractivity contribution >= 4 is 15.9 Å². The lowest BCUT2D eigenvalue weighted by molar-refractivity contribution is -0.154. The van der Waals surface area contributed by atoms with Crippen molar-refractivity contribution in [2.75, 3.05) is 0 Å². The van der Waals surface area contributed by atoms with Crippen LogP contribution in [0.4, 0.5) is 22.0 Å². The van der Waals surface area contributed by atoms with Crippen LogP contribution in [0.1, 0.15) is 17.9 Å². The molecule has 0 unspecified atom stereocenters. The van der Waals surface area contributed by atoms with Gasteiger partial charge >= 0.3 is 6.18 Å². The van der Waals surface area contributed by atoms with Crippen molar-refractivity contribution in [3.8, 4) is 0 Å². The summed E-state index contributed by atoms with van der Waals surface area (Å²) in [6.07, 6.45) is -7.80. The molecule has 0 saturated carbocycles. The lowest BCUT2D eigenvalue weighted by Crippen LogP contribution is -2.02. The molecule has 0 atom stereocenters. The Morgan fingerprint density at radius 1 is 1.31 bits per heavy atom. The second-order valence-electron chi connectivity index (χ2n) is 2.12. The highest BCUT2D eigenvalue weighted by Crippen LogP contribution is 2.37. The Bertz CT molecular complexity index is 302. The molecule has 0 aliphatic rings. The molecule has 0 aliphatic heterocycles. The maximum Gasteiger partial charge on any atom is 0.449 e. The Labute approximate surface area is 77.7 Å². The number of hydrogen-bond donors (Lipinski definition) is 0. The van der Waals surface area contributed by atoms with Crippen molar-refractivity contribution in [1.29, 1.82) is 0 Å². The Morgan fingerprint density at radius 3 is 2.08 bits per heavy atom. The summed E-state index contributed by atoms with van der Waals surface area (Å²) in [7, 11) is 0. The fourth-order valence-corrected chi connectivity index (χ4v) is 1.13. The molecule has 0 saturated heterocycles. The molecule has 0 spiro atoms. The molecule has 0 bridgehead atoms. The van der Waals surface area contributed by atoms with E-state index in [2.05, 4.69) is 20.3 Å². The fourth-order valence-electron chi connectivity index (χ4n) is 0.671. The smallest absolute Gasteiger partial charge is 0.449 e. The van der Waals surface area contributed by atoms with Crippen molar-refractivity contribution in [3.05, 3.63) is 22.1 Å². The zero-order valence-electron chi connectivity index (χ0n) is 5.83. The van der Waals surface area contributed by atoms with Crippen molar-refractivity contribution in [2.24, 2.45) is 0 Å². The molecule has 1 nitrogen and oxygen atoms in total. The van der Waals surface area contributed by atoms with E-state index in [9.17, 15) is 22.0 Å². The van der Waals surface area contributed by atoms with Gasteiger partial charge in [0, 0.05) is 6.07 Å². The maximum absolute atomic E-state index is 11.9. The van der Waals surface area contributed by atoms with Crippen LogP contribution in [0.3, 0.4) is 0 Å². The van der Waals surface area contributed by atoms with Gasteiger partial charge in [0.05, 0.1) is 4.47 Å². The third-order valence-electron chi connectivity index (χ3n) is 1.19. The zero-order chi connectivity index (χ0) is 10.2. The van der Waals surface area contributed by atoms with E-state index in [1.165, 1.54) is 0 Å². The molecule has 7 heteroatoms. The maximum atomic E-state index is 11.9. The van der Waals surface area contributed by atoms with Gasteiger partial charge in [-0.1, -0.05) is 0 Å². The van der Waals surface area contributed by atoms with Crippen LogP contribution in [0.25, 0.3) is 0 Å². The van der Waals surface area contributed by atoms with Gasteiger partial charge in [-0.3, -0.25) is 0 Å². The Hall–Kier alpha value is -0.590. The molecule has 0 aliphatic carbocycles. The third kappa shape index (κ3) is 2.20. The summed E-state index contributed by atoms with van der Waals surface area (Å²) in [4.78, 5) is 0. The summed E-state index contributed by atoms with van der Waals surface area (Å²) < 4.78 is 63.1. The van der Waals surface area contributed by atoms with Crippen LogP contribution in [0, 0.1) is 0 Å². The van der Waals surface area contributed by atoms with E-state index in [0.717, 1.165) is 0 Å². The van der Waals surface area contributed by atoms with Gasteiger partial charge in [-0.15, -0.1) is 0 Å². The first-order valence-electron chi connectivity index (χ1n) is 2.97. The topological polar surface area (TPSA) is 13.1 Å². The molecule has 0 N–H and O–H groups in total. The molecule has 0 aromatic carbocycles. The predicted molar refractivity (Wildman–Crippen MR) is 36.4 cm³/mol. The van der Waals surface area contributed by atoms with Crippen molar-refractivity contribution in [3.63, 3.8) is 0 Å². The van der Waals surface area contributed by atoms with E-state index in [-0.39, 0.29) is 4.47 Å². The van der Waals surface area contributed by atoms with Crippen LogP contribution in [-0.4, -0.2) is 0 Å². The first-order chi connectivity index (χ1) is 5.82. The van der Waals surface area contributed by atoms with E-state index in [4.69, 9.17) is 0 Å². The summed E-state index contributed by atoms with van der Waals surface area (Å²) in [6.45, 7) is 0. The van der Waals surface area contributed by atoms with Crippen LogP contribution in [-0.2, 0) is 6.18 Å². The molecule has 1 heterocycles. The first-order valence-corrected chi connectivity index (χ1v) is 3.76. The highest BCUT2D eigenvalue weighted by molar-refractivity contribution is 9.10. The molecular formula is C6H2BrF5O. The average Bonchev–Trinajstić information content (AvgIpc) is 2.29. The SMILES string of the molecule is FC(F)c1oc(C(F)(F)F)cc1Br. The van der Waals surface area contributed by atoms with Crippen LogP contribution < -0.4 is 0 Å². The Kier molecular flexibility index (Phi) is 2.65. The van der Waals surface area contributed by atoms with Crippen LogP contribution in [0.5, 0.6) is 0 Å². The van der Waals surface area contributed by atoms with Crippen molar-refractivity contribution in [1.82, 2.24) is 0 Å². The van der Waals surface area contributed by atoms with Gasteiger partial charge < -0.3 is 4.42 Å². The predicted octanol–water partition coefficient (Wildman–Crippen LogP) is 4.00. The first kappa shape index (κ1) is 10.5. The number of alkyl halides is 5. The summed E-state index contributed by atoms with van der Waals surface area (Å²) in [6, 6.07) is 0.474. The standard InChI is InChI=1S/C6H2BrF5O/c7-2-1-3(6(10,11)12)13-4(2)5(8)9/h1,5H. The van der Waals surface area contributed by atoms with Crippen LogP contribution >= 0.6 is 15.9 Å². The molecule has 0 amide bonds. The van der Waals surface area contributed by atoms with E-state index in [1.54, 1.807) is 0 Å². The zero-order valence-corrected chi connectivity index (χ0v) is 7.42. The van der Waals surface area contributed by atoms with E-state index < -0.39 is 24.1 Å². The number of furan rings is 1. The van der Waals surface area contributed by atoms with Gasteiger partial charge in [0.15, 0.2) is 5.76 Å². The second-order valence-corrected chi connectivity index (χ2v) is 2.98. The van der Waals surface area contributed by atoms with Crippen LogP contribution in [0.15, 0.2) is 15.0 Å². The molecule has 0 radical (unpaired) electrons. The fraction of sp³-hybridized carbons (Fsp3) is 0.333. The summed E-state index contributed by atoms with van der Waals surface area (Å²) >= 11 is 2.54. The molecule has 74 valence electrons. The number of rotatable bonds is 1. The van der Waals surface area contributed by atoms with Gasteiger partial charge in [0.25, 0.3) is 6.43 Å². The highest BCUT2D eigenvalue weighted by atomic mass is 79.9. The molecular weight excluding hydrogens is 263 g/mol. The largest absolute Gasteiger partial charge is 0.449 e. The monoisotopic (exact) mass is 264 g/mol. The van der Waals surface area contributed by atoms with Crippen LogP contribution in [0.2, 0.25) is 0 Å². The molecule has 1 rings (SSSR count). The Morgan fingerprint density at radius 2 is 1.85 bits per heavy atom. The molecule has 13 heavy (non-hydrogen) atoms. The second kappa shape index (κ2) is 3.28. The summed E-state index contributed by atoms with van der Waals surface area (Å²) in [5, 5.41) is 0. The number of hydrogen-bond acceptors (Lipinski definition) is 1. The lowest BCUT2D eigenvalue weighted by atomic mass is 10.4. The molecule has 0 fully saturated rings. The van der Waals surface area contributed by atoms with E-state index in [0.29, 0.717) is 6.07 Å². The number of halogens is 6. The lowest BCUT2D eigenvalue weighted by Gasteiger charge is -2.00. The normalized spacial score (nSPS) is 12.5. The highest BCUT2D eigenvalue weighted by Gasteiger charge is 2.37. The van der Waals surface area contributed by atoms with E-state index >= 15 is 0 Å². The van der Waals surface area contributed by atoms with Gasteiger partial charge in [0.2, 0.25) is 5.76 Å². The summed E-state index contributed by atoms with van der Waals surface area (Å²) in [5.41, 5.74) is 0. The van der Waals surface area contributed by atoms with Gasteiger partial charge in [-0.05, 0) is 15.9 Å². The molecule has 1 aromatic rings. The van der Waals surface area contributed by atoms with E-state index in [1.807, 2.05) is 0 Å². The van der Waals surface area contributed by atoms with Gasteiger partial charge in [-0.2, -0.15) is 13.2 Å². The van der Waals surface area contributed by atoms with Gasteiger partial charge in [0.1, 0.15) is 0 Å². The minimum Gasteiger partial charge on any atom is -0.449 e. The quantitative estimate of drug-likeness (QED) is 0.699. The minimum atomic E-state index is -4.74. The Balaban J connectivity index is 3.10. The van der Waals surface area contributed by atoms with Crippen molar-refractivity contribution < 1.29 is 26.4 Å². The average molecular weight is 265 g/mol. The summed E-state index contributed by atoms with van der Waals surface area (Å²) in [5.74, 6) is -2.44.